The number of hydrogen-bond donors (Lipinski definition) is 1. The van der Waals surface area contributed by atoms with Gasteiger partial charge < -0.3 is 10.1 Å². The highest BCUT2D eigenvalue weighted by molar-refractivity contribution is 8.00. The van der Waals surface area contributed by atoms with Crippen molar-refractivity contribution in [3.05, 3.63) is 0 Å². The van der Waals surface area contributed by atoms with Gasteiger partial charge in [0.1, 0.15) is 0 Å². The zero-order chi connectivity index (χ0) is 11.4. The Labute approximate surface area is 104 Å². The highest BCUT2D eigenvalue weighted by atomic mass is 32.2. The maximum Gasteiger partial charge on any atom is 0.0608 e. The lowest BCUT2D eigenvalue weighted by atomic mass is 9.84. The van der Waals surface area contributed by atoms with Crippen molar-refractivity contribution >= 4 is 11.8 Å². The Morgan fingerprint density at radius 2 is 2.06 bits per heavy atom. The molecule has 1 N–H and O–H groups in total. The number of hydrogen-bond acceptors (Lipinski definition) is 3. The molecule has 0 radical (unpaired) electrons. The van der Waals surface area contributed by atoms with Gasteiger partial charge in [-0.25, -0.2) is 0 Å². The summed E-state index contributed by atoms with van der Waals surface area (Å²) >= 11 is 2.19. The summed E-state index contributed by atoms with van der Waals surface area (Å²) in [5.41, 5.74) is 0. The fourth-order valence-corrected chi connectivity index (χ4v) is 4.42. The molecule has 1 saturated carbocycles. The minimum atomic E-state index is 0.749. The molecule has 0 amide bonds. The van der Waals surface area contributed by atoms with Crippen molar-refractivity contribution in [2.24, 2.45) is 5.92 Å². The molecule has 0 aromatic carbocycles. The molecule has 1 saturated heterocycles. The summed E-state index contributed by atoms with van der Waals surface area (Å²) in [6.45, 7) is 7.64. The number of ether oxygens (including phenoxy) is 1. The zero-order valence-electron chi connectivity index (χ0n) is 10.6. The first-order valence-corrected chi connectivity index (χ1v) is 7.74. The van der Waals surface area contributed by atoms with Gasteiger partial charge in [-0.05, 0) is 31.7 Å². The van der Waals surface area contributed by atoms with Crippen molar-refractivity contribution in [2.45, 2.75) is 56.1 Å². The fourth-order valence-electron chi connectivity index (χ4n) is 2.77. The van der Waals surface area contributed by atoms with Gasteiger partial charge in [0, 0.05) is 11.3 Å². The van der Waals surface area contributed by atoms with Gasteiger partial charge in [0.2, 0.25) is 0 Å². The highest BCUT2D eigenvalue weighted by Gasteiger charge is 2.33. The van der Waals surface area contributed by atoms with Crippen LogP contribution in [-0.2, 0) is 4.74 Å². The molecule has 2 nitrogen and oxygen atoms in total. The van der Waals surface area contributed by atoms with E-state index in [1.54, 1.807) is 0 Å². The molecule has 0 bridgehead atoms. The van der Waals surface area contributed by atoms with Gasteiger partial charge in [0.15, 0.2) is 0 Å². The van der Waals surface area contributed by atoms with Crippen molar-refractivity contribution < 1.29 is 4.74 Å². The minimum absolute atomic E-state index is 0.749. The summed E-state index contributed by atoms with van der Waals surface area (Å²) in [5, 5.41) is 5.28. The zero-order valence-corrected chi connectivity index (χ0v) is 11.4. The molecule has 16 heavy (non-hydrogen) atoms. The van der Waals surface area contributed by atoms with Gasteiger partial charge in [-0.1, -0.05) is 20.3 Å². The van der Waals surface area contributed by atoms with Gasteiger partial charge in [-0.2, -0.15) is 0 Å². The van der Waals surface area contributed by atoms with E-state index in [2.05, 4.69) is 30.9 Å². The lowest BCUT2D eigenvalue weighted by molar-refractivity contribution is 0.0450. The molecule has 1 heterocycles. The molecule has 0 spiro atoms. The molecule has 1 aliphatic carbocycles. The molecule has 2 aliphatic rings. The number of nitrogens with one attached hydrogen (secondary N) is 1. The average Bonchev–Trinajstić information content (AvgIpc) is 2.25. The van der Waals surface area contributed by atoms with Crippen LogP contribution in [0.25, 0.3) is 0 Å². The summed E-state index contributed by atoms with van der Waals surface area (Å²) in [5.74, 6) is 0.966. The predicted molar refractivity (Wildman–Crippen MR) is 71.1 cm³/mol. The van der Waals surface area contributed by atoms with Crippen LogP contribution in [0, 0.1) is 5.92 Å². The molecular formula is C13H25NOS. The maximum absolute atomic E-state index is 5.28. The van der Waals surface area contributed by atoms with Gasteiger partial charge in [-0.3, -0.25) is 0 Å². The third-order valence-electron chi connectivity index (χ3n) is 3.92. The van der Waals surface area contributed by atoms with Crippen molar-refractivity contribution in [2.75, 3.05) is 19.8 Å². The lowest BCUT2D eigenvalue weighted by Crippen LogP contribution is -2.45. The Bertz CT molecular complexity index is 206. The molecule has 0 aromatic rings. The summed E-state index contributed by atoms with van der Waals surface area (Å²) in [4.78, 5) is 0. The first-order chi connectivity index (χ1) is 7.83. The van der Waals surface area contributed by atoms with Crippen LogP contribution in [0.4, 0.5) is 0 Å². The Morgan fingerprint density at radius 1 is 1.25 bits per heavy atom. The Kier molecular flexibility index (Phi) is 4.98. The second kappa shape index (κ2) is 6.27. The largest absolute Gasteiger partial charge is 0.379 e. The van der Waals surface area contributed by atoms with Crippen LogP contribution < -0.4 is 5.32 Å². The number of thioether (sulfide) groups is 1. The van der Waals surface area contributed by atoms with Crippen LogP contribution >= 0.6 is 11.8 Å². The lowest BCUT2D eigenvalue weighted by Gasteiger charge is -2.39. The standard InChI is InChI=1S/C13H25NOS/c1-3-10-5-6-12(14-4-2)13(7-10)16-11-8-15-9-11/h10-14H,3-9H2,1-2H3. The van der Waals surface area contributed by atoms with Crippen molar-refractivity contribution in [1.29, 1.82) is 0 Å². The van der Waals surface area contributed by atoms with E-state index in [4.69, 9.17) is 4.74 Å². The molecular weight excluding hydrogens is 218 g/mol. The molecule has 3 heteroatoms. The third-order valence-corrected chi connectivity index (χ3v) is 5.45. The van der Waals surface area contributed by atoms with E-state index in [1.165, 1.54) is 25.7 Å². The average molecular weight is 243 g/mol. The minimum Gasteiger partial charge on any atom is -0.379 e. The van der Waals surface area contributed by atoms with E-state index in [-0.39, 0.29) is 0 Å². The van der Waals surface area contributed by atoms with Gasteiger partial charge >= 0.3 is 0 Å². The van der Waals surface area contributed by atoms with E-state index < -0.39 is 0 Å². The van der Waals surface area contributed by atoms with Crippen LogP contribution in [-0.4, -0.2) is 36.3 Å². The van der Waals surface area contributed by atoms with E-state index in [0.717, 1.165) is 42.2 Å². The van der Waals surface area contributed by atoms with Crippen LogP contribution in [0.5, 0.6) is 0 Å². The van der Waals surface area contributed by atoms with E-state index in [9.17, 15) is 0 Å². The van der Waals surface area contributed by atoms with Crippen LogP contribution in [0.2, 0.25) is 0 Å². The van der Waals surface area contributed by atoms with Crippen molar-refractivity contribution in [3.8, 4) is 0 Å². The monoisotopic (exact) mass is 243 g/mol. The Morgan fingerprint density at radius 3 is 2.62 bits per heavy atom. The third kappa shape index (κ3) is 3.14. The Balaban J connectivity index is 1.85. The van der Waals surface area contributed by atoms with Crippen LogP contribution in [0.1, 0.15) is 39.5 Å². The molecule has 1 aliphatic heterocycles. The molecule has 94 valence electrons. The Hall–Kier alpha value is 0.270. The molecule has 0 aromatic heterocycles. The normalized spacial score (nSPS) is 36.0. The maximum atomic E-state index is 5.28. The van der Waals surface area contributed by atoms with Crippen LogP contribution in [0.3, 0.4) is 0 Å². The van der Waals surface area contributed by atoms with E-state index in [1.807, 2.05) is 0 Å². The SMILES string of the molecule is CCNC1CCC(CC)CC1SC1COC1. The second-order valence-electron chi connectivity index (χ2n) is 5.09. The fraction of sp³-hybridized carbons (Fsp3) is 1.00. The number of rotatable bonds is 5. The van der Waals surface area contributed by atoms with E-state index >= 15 is 0 Å². The van der Waals surface area contributed by atoms with Gasteiger partial charge in [-0.15, -0.1) is 11.8 Å². The predicted octanol–water partition coefficient (Wildman–Crippen LogP) is 2.68. The first-order valence-electron chi connectivity index (χ1n) is 6.80. The molecule has 3 atom stereocenters. The second-order valence-corrected chi connectivity index (χ2v) is 6.63. The molecule has 2 rings (SSSR count). The smallest absolute Gasteiger partial charge is 0.0608 e. The summed E-state index contributed by atoms with van der Waals surface area (Å²) in [6.07, 6.45) is 5.57. The summed E-state index contributed by atoms with van der Waals surface area (Å²) in [7, 11) is 0. The van der Waals surface area contributed by atoms with Gasteiger partial charge in [0.25, 0.3) is 0 Å². The van der Waals surface area contributed by atoms with Crippen molar-refractivity contribution in [3.63, 3.8) is 0 Å². The van der Waals surface area contributed by atoms with Gasteiger partial charge in [0.05, 0.1) is 18.5 Å². The topological polar surface area (TPSA) is 21.3 Å². The summed E-state index contributed by atoms with van der Waals surface area (Å²) < 4.78 is 5.28. The highest BCUT2D eigenvalue weighted by Crippen LogP contribution is 2.37. The quantitative estimate of drug-likeness (QED) is 0.802. The first kappa shape index (κ1) is 12.7. The summed E-state index contributed by atoms with van der Waals surface area (Å²) in [6, 6.07) is 0.749. The van der Waals surface area contributed by atoms with E-state index in [0.29, 0.717) is 0 Å². The van der Waals surface area contributed by atoms with Crippen molar-refractivity contribution in [1.82, 2.24) is 5.32 Å². The van der Waals surface area contributed by atoms with Crippen LogP contribution in [0.15, 0.2) is 0 Å². The molecule has 3 unspecified atom stereocenters. The molecule has 2 fully saturated rings.